The Hall–Kier alpha value is -1.14. The Bertz CT molecular complexity index is 467. The van der Waals surface area contributed by atoms with Gasteiger partial charge in [0.1, 0.15) is 12.7 Å². The molecular weight excluding hydrogens is 384 g/mol. The van der Waals surface area contributed by atoms with Gasteiger partial charge in [0, 0.05) is 12.8 Å². The molecule has 2 unspecified atom stereocenters. The second-order valence-corrected chi connectivity index (χ2v) is 8.52. The molecular formula is C24H44O6. The molecule has 176 valence electrons. The van der Waals surface area contributed by atoms with Gasteiger partial charge in [0.2, 0.25) is 0 Å². The van der Waals surface area contributed by atoms with Crippen molar-refractivity contribution in [1.29, 1.82) is 0 Å². The van der Waals surface area contributed by atoms with Gasteiger partial charge < -0.3 is 18.9 Å². The molecule has 2 atom stereocenters. The number of hydrogen-bond donors (Lipinski definition) is 0. The van der Waals surface area contributed by atoms with Crippen LogP contribution in [0, 0.1) is 0 Å². The van der Waals surface area contributed by atoms with E-state index < -0.39 is 5.79 Å². The molecule has 0 aromatic rings. The van der Waals surface area contributed by atoms with Gasteiger partial charge in [-0.1, -0.05) is 71.6 Å². The van der Waals surface area contributed by atoms with E-state index in [1.165, 1.54) is 44.9 Å². The molecule has 6 heteroatoms. The van der Waals surface area contributed by atoms with Crippen LogP contribution in [0.4, 0.5) is 0 Å². The van der Waals surface area contributed by atoms with Gasteiger partial charge >= 0.3 is 11.9 Å². The summed E-state index contributed by atoms with van der Waals surface area (Å²) in [5.41, 5.74) is 0. The SMILES string of the molecule is CCCCCCCCCCCC(=O)OCC1COC(C)(CCC(=O)OCCCC)O1. The highest BCUT2D eigenvalue weighted by molar-refractivity contribution is 5.69. The summed E-state index contributed by atoms with van der Waals surface area (Å²) in [6.45, 7) is 7.14. The normalized spacial score (nSPS) is 21.0. The van der Waals surface area contributed by atoms with E-state index >= 15 is 0 Å². The summed E-state index contributed by atoms with van der Waals surface area (Å²) < 4.78 is 22.1. The quantitative estimate of drug-likeness (QED) is 0.206. The van der Waals surface area contributed by atoms with Crippen LogP contribution in [0.2, 0.25) is 0 Å². The molecule has 0 spiro atoms. The fourth-order valence-electron chi connectivity index (χ4n) is 3.47. The average molecular weight is 429 g/mol. The molecule has 0 aliphatic carbocycles. The highest BCUT2D eigenvalue weighted by Crippen LogP contribution is 2.28. The van der Waals surface area contributed by atoms with Crippen LogP contribution in [-0.2, 0) is 28.5 Å². The van der Waals surface area contributed by atoms with Gasteiger partial charge in [-0.25, -0.2) is 0 Å². The maximum atomic E-state index is 11.9. The second kappa shape index (κ2) is 16.5. The Kier molecular flexibility index (Phi) is 14.8. The minimum absolute atomic E-state index is 0.172. The van der Waals surface area contributed by atoms with Crippen LogP contribution in [0.15, 0.2) is 0 Å². The molecule has 1 fully saturated rings. The van der Waals surface area contributed by atoms with Crippen molar-refractivity contribution in [2.45, 2.75) is 123 Å². The molecule has 0 aromatic heterocycles. The van der Waals surface area contributed by atoms with Crippen LogP contribution in [0.25, 0.3) is 0 Å². The lowest BCUT2D eigenvalue weighted by molar-refractivity contribution is -0.174. The van der Waals surface area contributed by atoms with Gasteiger partial charge in [-0.05, 0) is 19.8 Å². The van der Waals surface area contributed by atoms with Gasteiger partial charge in [0.25, 0.3) is 0 Å². The van der Waals surface area contributed by atoms with Crippen molar-refractivity contribution in [3.05, 3.63) is 0 Å². The molecule has 0 bridgehead atoms. The number of ether oxygens (including phenoxy) is 4. The molecule has 1 aliphatic rings. The number of rotatable bonds is 18. The van der Waals surface area contributed by atoms with Crippen molar-refractivity contribution in [3.8, 4) is 0 Å². The Balaban J connectivity index is 2.04. The predicted octanol–water partition coefficient (Wildman–Crippen LogP) is 5.71. The Labute approximate surface area is 183 Å². The van der Waals surface area contributed by atoms with E-state index in [1.54, 1.807) is 0 Å². The number of hydrogen-bond acceptors (Lipinski definition) is 6. The summed E-state index contributed by atoms with van der Waals surface area (Å²) >= 11 is 0. The lowest BCUT2D eigenvalue weighted by atomic mass is 10.1. The molecule has 0 saturated carbocycles. The predicted molar refractivity (Wildman–Crippen MR) is 117 cm³/mol. The highest BCUT2D eigenvalue weighted by atomic mass is 16.7. The Morgan fingerprint density at radius 3 is 2.10 bits per heavy atom. The first-order valence-corrected chi connectivity index (χ1v) is 12.1. The molecule has 1 aliphatic heterocycles. The molecule has 0 radical (unpaired) electrons. The maximum absolute atomic E-state index is 11.9. The van der Waals surface area contributed by atoms with E-state index in [2.05, 4.69) is 13.8 Å². The zero-order chi connectivity index (χ0) is 22.1. The minimum atomic E-state index is -0.821. The molecule has 0 amide bonds. The monoisotopic (exact) mass is 428 g/mol. The summed E-state index contributed by atoms with van der Waals surface area (Å²) in [6.07, 6.45) is 13.8. The summed E-state index contributed by atoms with van der Waals surface area (Å²) in [5, 5.41) is 0. The fraction of sp³-hybridized carbons (Fsp3) is 0.917. The minimum Gasteiger partial charge on any atom is -0.466 e. The van der Waals surface area contributed by atoms with E-state index in [1.807, 2.05) is 6.92 Å². The number of carbonyl (C=O) groups is 2. The fourth-order valence-corrected chi connectivity index (χ4v) is 3.47. The van der Waals surface area contributed by atoms with Gasteiger partial charge in [-0.15, -0.1) is 0 Å². The first-order valence-electron chi connectivity index (χ1n) is 12.1. The maximum Gasteiger partial charge on any atom is 0.305 e. The van der Waals surface area contributed by atoms with Crippen LogP contribution in [0.5, 0.6) is 0 Å². The van der Waals surface area contributed by atoms with Gasteiger partial charge in [0.05, 0.1) is 19.6 Å². The van der Waals surface area contributed by atoms with Crippen molar-refractivity contribution in [2.24, 2.45) is 0 Å². The lowest BCUT2D eigenvalue weighted by Gasteiger charge is -2.22. The largest absolute Gasteiger partial charge is 0.466 e. The summed E-state index contributed by atoms with van der Waals surface area (Å²) in [7, 11) is 0. The third-order valence-electron chi connectivity index (χ3n) is 5.45. The van der Waals surface area contributed by atoms with E-state index in [4.69, 9.17) is 18.9 Å². The first-order chi connectivity index (χ1) is 14.5. The third kappa shape index (κ3) is 13.2. The molecule has 6 nitrogen and oxygen atoms in total. The van der Waals surface area contributed by atoms with Gasteiger partial charge in [0.15, 0.2) is 5.79 Å². The lowest BCUT2D eigenvalue weighted by Crippen LogP contribution is -2.29. The average Bonchev–Trinajstić information content (AvgIpc) is 3.11. The van der Waals surface area contributed by atoms with Crippen molar-refractivity contribution in [3.63, 3.8) is 0 Å². The summed E-state index contributed by atoms with van der Waals surface area (Å²) in [6, 6.07) is 0. The van der Waals surface area contributed by atoms with Crippen LogP contribution in [0.1, 0.15) is 111 Å². The smallest absolute Gasteiger partial charge is 0.305 e. The molecule has 30 heavy (non-hydrogen) atoms. The molecule has 1 heterocycles. The molecule has 0 N–H and O–H groups in total. The van der Waals surface area contributed by atoms with Crippen LogP contribution < -0.4 is 0 Å². The van der Waals surface area contributed by atoms with Crippen LogP contribution in [0.3, 0.4) is 0 Å². The Morgan fingerprint density at radius 1 is 0.833 bits per heavy atom. The highest BCUT2D eigenvalue weighted by Gasteiger charge is 2.38. The number of carbonyl (C=O) groups excluding carboxylic acids is 2. The van der Waals surface area contributed by atoms with E-state index in [0.717, 1.165) is 25.7 Å². The van der Waals surface area contributed by atoms with Crippen molar-refractivity contribution in [2.75, 3.05) is 19.8 Å². The van der Waals surface area contributed by atoms with Crippen molar-refractivity contribution in [1.82, 2.24) is 0 Å². The second-order valence-electron chi connectivity index (χ2n) is 8.52. The van der Waals surface area contributed by atoms with Crippen LogP contribution >= 0.6 is 0 Å². The zero-order valence-corrected chi connectivity index (χ0v) is 19.5. The van der Waals surface area contributed by atoms with E-state index in [0.29, 0.717) is 26.1 Å². The first kappa shape index (κ1) is 26.9. The van der Waals surface area contributed by atoms with E-state index in [-0.39, 0.29) is 31.1 Å². The zero-order valence-electron chi connectivity index (χ0n) is 19.5. The van der Waals surface area contributed by atoms with Gasteiger partial charge in [-0.2, -0.15) is 0 Å². The number of esters is 2. The number of unbranched alkanes of at least 4 members (excludes halogenated alkanes) is 9. The third-order valence-corrected chi connectivity index (χ3v) is 5.45. The van der Waals surface area contributed by atoms with Crippen LogP contribution in [-0.4, -0.2) is 43.7 Å². The van der Waals surface area contributed by atoms with Gasteiger partial charge in [-0.3, -0.25) is 9.59 Å². The topological polar surface area (TPSA) is 71.1 Å². The Morgan fingerprint density at radius 2 is 1.43 bits per heavy atom. The van der Waals surface area contributed by atoms with Crippen molar-refractivity contribution < 1.29 is 28.5 Å². The molecule has 0 aromatic carbocycles. The molecule has 1 saturated heterocycles. The summed E-state index contributed by atoms with van der Waals surface area (Å²) in [5.74, 6) is -1.22. The van der Waals surface area contributed by atoms with E-state index in [9.17, 15) is 9.59 Å². The summed E-state index contributed by atoms with van der Waals surface area (Å²) in [4.78, 5) is 23.7. The molecule has 1 rings (SSSR count). The standard InChI is InChI=1S/C24H44O6/c1-4-6-8-9-10-11-12-13-14-15-22(25)28-19-21-20-29-24(3,30-21)17-16-23(26)27-18-7-5-2/h21H,4-20H2,1-3H3. The van der Waals surface area contributed by atoms with Crippen molar-refractivity contribution >= 4 is 11.9 Å².